The molecule has 1 rings (SSSR count). The molecule has 0 saturated heterocycles. The second-order valence-electron chi connectivity index (χ2n) is 6.85. The minimum atomic E-state index is -2.86. The maximum atomic E-state index is 11.3. The molecule has 5 heteroatoms. The van der Waals surface area contributed by atoms with Crippen LogP contribution >= 0.6 is 0 Å². The van der Waals surface area contributed by atoms with Crippen LogP contribution in [0.25, 0.3) is 0 Å². The second-order valence-corrected chi connectivity index (χ2v) is 9.11. The Balaban J connectivity index is 2.59. The molecule has 1 fully saturated rings. The minimum Gasteiger partial charge on any atom is -0.316 e. The van der Waals surface area contributed by atoms with E-state index in [0.29, 0.717) is 12.0 Å². The lowest BCUT2D eigenvalue weighted by molar-refractivity contribution is 0.0950. The SMILES string of the molecule is CCNCC1(CN(C)CCS(C)(=O)=O)CCCC(C)C1. The highest BCUT2D eigenvalue weighted by molar-refractivity contribution is 7.90. The lowest BCUT2D eigenvalue weighted by Crippen LogP contribution is -2.46. The van der Waals surface area contributed by atoms with Crippen molar-refractivity contribution in [2.24, 2.45) is 11.3 Å². The van der Waals surface area contributed by atoms with Crippen molar-refractivity contribution in [3.8, 4) is 0 Å². The summed E-state index contributed by atoms with van der Waals surface area (Å²) in [6, 6.07) is 0. The van der Waals surface area contributed by atoms with Crippen molar-refractivity contribution in [1.82, 2.24) is 10.2 Å². The second kappa shape index (κ2) is 7.76. The fraction of sp³-hybridized carbons (Fsp3) is 1.00. The van der Waals surface area contributed by atoms with E-state index in [0.717, 1.165) is 25.6 Å². The van der Waals surface area contributed by atoms with Crippen LogP contribution < -0.4 is 5.32 Å². The summed E-state index contributed by atoms with van der Waals surface area (Å²) < 4.78 is 22.6. The third kappa shape index (κ3) is 6.55. The van der Waals surface area contributed by atoms with Crippen LogP contribution in [0.2, 0.25) is 0 Å². The quantitative estimate of drug-likeness (QED) is 0.742. The highest BCUT2D eigenvalue weighted by atomic mass is 32.2. The van der Waals surface area contributed by atoms with Gasteiger partial charge in [0.25, 0.3) is 0 Å². The van der Waals surface area contributed by atoms with Crippen molar-refractivity contribution in [3.05, 3.63) is 0 Å². The molecule has 0 heterocycles. The number of nitrogens with zero attached hydrogens (tertiary/aromatic N) is 1. The molecule has 0 spiro atoms. The molecule has 0 aromatic carbocycles. The first-order chi connectivity index (χ1) is 9.26. The standard InChI is InChI=1S/C15H32N2O2S/c1-5-16-12-15(8-6-7-14(2)11-15)13-17(3)9-10-20(4,18)19/h14,16H,5-13H2,1-4H3. The highest BCUT2D eigenvalue weighted by Crippen LogP contribution is 2.39. The van der Waals surface area contributed by atoms with Gasteiger partial charge in [-0.05, 0) is 37.8 Å². The lowest BCUT2D eigenvalue weighted by atomic mass is 9.69. The maximum Gasteiger partial charge on any atom is 0.148 e. The Morgan fingerprint density at radius 1 is 1.40 bits per heavy atom. The first-order valence-corrected chi connectivity index (χ1v) is 9.89. The van der Waals surface area contributed by atoms with E-state index in [1.165, 1.54) is 31.9 Å². The summed E-state index contributed by atoms with van der Waals surface area (Å²) in [4.78, 5) is 2.20. The molecule has 0 amide bonds. The van der Waals surface area contributed by atoms with E-state index < -0.39 is 9.84 Å². The van der Waals surface area contributed by atoms with Gasteiger partial charge in [0, 0.05) is 25.9 Å². The van der Waals surface area contributed by atoms with Crippen LogP contribution in [0.15, 0.2) is 0 Å². The Bertz CT molecular complexity index is 383. The van der Waals surface area contributed by atoms with Crippen LogP contribution in [0.1, 0.15) is 39.5 Å². The number of rotatable bonds is 8. The van der Waals surface area contributed by atoms with Crippen LogP contribution in [-0.2, 0) is 9.84 Å². The summed E-state index contributed by atoms with van der Waals surface area (Å²) in [6.07, 6.45) is 6.46. The van der Waals surface area contributed by atoms with Crippen LogP contribution in [0.3, 0.4) is 0 Å². The van der Waals surface area contributed by atoms with E-state index in [2.05, 4.69) is 31.1 Å². The predicted molar refractivity (Wildman–Crippen MR) is 85.8 cm³/mol. The lowest BCUT2D eigenvalue weighted by Gasteiger charge is -2.43. The third-order valence-electron chi connectivity index (χ3n) is 4.38. The van der Waals surface area contributed by atoms with Gasteiger partial charge in [0.05, 0.1) is 5.75 Å². The Morgan fingerprint density at radius 3 is 2.65 bits per heavy atom. The Kier molecular flexibility index (Phi) is 6.95. The first kappa shape index (κ1) is 17.9. The Labute approximate surface area is 125 Å². The smallest absolute Gasteiger partial charge is 0.148 e. The van der Waals surface area contributed by atoms with Crippen molar-refractivity contribution >= 4 is 9.84 Å². The molecule has 0 aromatic heterocycles. The summed E-state index contributed by atoms with van der Waals surface area (Å²) in [5.41, 5.74) is 0.319. The molecule has 0 radical (unpaired) electrons. The molecule has 1 aliphatic rings. The molecule has 4 nitrogen and oxygen atoms in total. The fourth-order valence-electron chi connectivity index (χ4n) is 3.49. The van der Waals surface area contributed by atoms with Crippen LogP contribution in [0.5, 0.6) is 0 Å². The van der Waals surface area contributed by atoms with Gasteiger partial charge in [0.15, 0.2) is 0 Å². The van der Waals surface area contributed by atoms with Gasteiger partial charge < -0.3 is 10.2 Å². The zero-order valence-corrected chi connectivity index (χ0v) is 14.4. The summed E-state index contributed by atoms with van der Waals surface area (Å²) in [5.74, 6) is 1.04. The van der Waals surface area contributed by atoms with Gasteiger partial charge in [-0.15, -0.1) is 0 Å². The minimum absolute atomic E-state index is 0.260. The normalized spacial score (nSPS) is 27.9. The monoisotopic (exact) mass is 304 g/mol. The molecule has 1 saturated carbocycles. The van der Waals surface area contributed by atoms with E-state index in [9.17, 15) is 8.42 Å². The Morgan fingerprint density at radius 2 is 2.10 bits per heavy atom. The average Bonchev–Trinajstić information content (AvgIpc) is 2.33. The van der Waals surface area contributed by atoms with E-state index in [-0.39, 0.29) is 5.75 Å². The highest BCUT2D eigenvalue weighted by Gasteiger charge is 2.35. The zero-order chi connectivity index (χ0) is 15.2. The van der Waals surface area contributed by atoms with Gasteiger partial charge in [-0.3, -0.25) is 0 Å². The zero-order valence-electron chi connectivity index (χ0n) is 13.6. The summed E-state index contributed by atoms with van der Waals surface area (Å²) in [7, 11) is -0.811. The van der Waals surface area contributed by atoms with Gasteiger partial charge in [-0.2, -0.15) is 0 Å². The summed E-state index contributed by atoms with van der Waals surface area (Å²) in [6.45, 7) is 8.19. The van der Waals surface area contributed by atoms with Crippen molar-refractivity contribution in [2.45, 2.75) is 39.5 Å². The summed E-state index contributed by atoms with van der Waals surface area (Å²) >= 11 is 0. The molecular formula is C15H32N2O2S. The molecule has 1 aliphatic carbocycles. The maximum absolute atomic E-state index is 11.3. The largest absolute Gasteiger partial charge is 0.316 e. The van der Waals surface area contributed by atoms with E-state index in [1.54, 1.807) is 0 Å². The van der Waals surface area contributed by atoms with E-state index in [1.807, 2.05) is 0 Å². The van der Waals surface area contributed by atoms with E-state index >= 15 is 0 Å². The van der Waals surface area contributed by atoms with Gasteiger partial charge in [-0.1, -0.05) is 26.7 Å². The number of hydrogen-bond acceptors (Lipinski definition) is 4. The van der Waals surface area contributed by atoms with Crippen molar-refractivity contribution < 1.29 is 8.42 Å². The average molecular weight is 305 g/mol. The fourth-order valence-corrected chi connectivity index (χ4v) is 4.14. The topological polar surface area (TPSA) is 49.4 Å². The van der Waals surface area contributed by atoms with Gasteiger partial charge in [0.2, 0.25) is 0 Å². The number of hydrogen-bond donors (Lipinski definition) is 1. The van der Waals surface area contributed by atoms with Crippen molar-refractivity contribution in [3.63, 3.8) is 0 Å². The van der Waals surface area contributed by atoms with Gasteiger partial charge in [0.1, 0.15) is 9.84 Å². The number of sulfone groups is 1. The first-order valence-electron chi connectivity index (χ1n) is 7.83. The van der Waals surface area contributed by atoms with Gasteiger partial charge >= 0.3 is 0 Å². The van der Waals surface area contributed by atoms with Crippen molar-refractivity contribution in [1.29, 1.82) is 0 Å². The molecule has 1 N–H and O–H groups in total. The number of nitrogens with one attached hydrogen (secondary N) is 1. The van der Waals surface area contributed by atoms with Crippen LogP contribution in [-0.4, -0.2) is 58.6 Å². The molecule has 0 aromatic rings. The molecule has 2 unspecified atom stereocenters. The van der Waals surface area contributed by atoms with Gasteiger partial charge in [-0.25, -0.2) is 8.42 Å². The van der Waals surface area contributed by atoms with Crippen LogP contribution in [0.4, 0.5) is 0 Å². The molecule has 2 atom stereocenters. The molecule has 20 heavy (non-hydrogen) atoms. The molecular weight excluding hydrogens is 272 g/mol. The third-order valence-corrected chi connectivity index (χ3v) is 5.31. The Hall–Kier alpha value is -0.130. The summed E-state index contributed by atoms with van der Waals surface area (Å²) in [5, 5.41) is 3.51. The predicted octanol–water partition coefficient (Wildman–Crippen LogP) is 1.77. The van der Waals surface area contributed by atoms with E-state index in [4.69, 9.17) is 0 Å². The molecule has 0 bridgehead atoms. The molecule has 0 aliphatic heterocycles. The molecule has 120 valence electrons. The van der Waals surface area contributed by atoms with Crippen LogP contribution in [0, 0.1) is 11.3 Å². The van der Waals surface area contributed by atoms with Crippen molar-refractivity contribution in [2.75, 3.05) is 45.2 Å².